The van der Waals surface area contributed by atoms with Gasteiger partial charge in [0.1, 0.15) is 19.8 Å². The zero-order valence-electron chi connectivity index (χ0n) is 35.1. The molecule has 0 heterocycles. The summed E-state index contributed by atoms with van der Waals surface area (Å²) in [5, 5.41) is 0. The van der Waals surface area contributed by atoms with E-state index in [0.29, 0.717) is 23.9 Å². The molecule has 0 rings (SSSR count). The number of quaternary nitrogens is 1. The Morgan fingerprint density at radius 3 is 1.62 bits per heavy atom. The van der Waals surface area contributed by atoms with Gasteiger partial charge in [0.15, 0.2) is 6.10 Å². The summed E-state index contributed by atoms with van der Waals surface area (Å²) < 4.78 is 33.7. The first-order valence-corrected chi connectivity index (χ1v) is 22.3. The van der Waals surface area contributed by atoms with E-state index in [4.69, 9.17) is 18.5 Å². The number of hydrogen-bond acceptors (Lipinski definition) is 8. The topological polar surface area (TPSA) is 111 Å². The summed E-state index contributed by atoms with van der Waals surface area (Å²) in [4.78, 5) is 37.4. The Kier molecular flexibility index (Phi) is 34.9. The van der Waals surface area contributed by atoms with Gasteiger partial charge < -0.3 is 27.9 Å². The second-order valence-electron chi connectivity index (χ2n) is 14.6. The molecule has 55 heavy (non-hydrogen) atoms. The molecule has 0 amide bonds. The molecule has 0 bridgehead atoms. The van der Waals surface area contributed by atoms with Crippen molar-refractivity contribution in [3.05, 3.63) is 85.1 Å². The summed E-state index contributed by atoms with van der Waals surface area (Å²) in [6.45, 7) is 3.96. The SMILES string of the molecule is CC/C=C\C/C=C\C/C=C\C/C=C\C/C=C\C/C=C\CCC(=O)O[C@H](COC(=O)CCCCCCC/C=C\CCCCC)COP(=O)([O-])OCC[N+](C)(C)C. The number of esters is 2. The van der Waals surface area contributed by atoms with Crippen LogP contribution in [0.4, 0.5) is 0 Å². The molecular weight excluding hydrogens is 713 g/mol. The van der Waals surface area contributed by atoms with Gasteiger partial charge >= 0.3 is 11.9 Å². The molecule has 0 spiro atoms. The minimum absolute atomic E-state index is 0.0502. The molecule has 9 nitrogen and oxygen atoms in total. The molecule has 0 aliphatic heterocycles. The molecule has 0 fully saturated rings. The van der Waals surface area contributed by atoms with Crippen molar-refractivity contribution in [1.29, 1.82) is 0 Å². The zero-order chi connectivity index (χ0) is 40.7. The van der Waals surface area contributed by atoms with Crippen molar-refractivity contribution in [2.75, 3.05) is 47.5 Å². The van der Waals surface area contributed by atoms with Crippen LogP contribution >= 0.6 is 7.82 Å². The smallest absolute Gasteiger partial charge is 0.306 e. The number of unbranched alkanes of at least 4 members (excludes halogenated alkanes) is 8. The number of nitrogens with zero attached hydrogens (tertiary/aromatic N) is 1. The Labute approximate surface area is 335 Å². The number of carbonyl (C=O) groups is 2. The molecule has 0 N–H and O–H groups in total. The Bertz CT molecular complexity index is 1210. The molecule has 2 atom stereocenters. The van der Waals surface area contributed by atoms with Crippen molar-refractivity contribution in [2.45, 2.75) is 142 Å². The van der Waals surface area contributed by atoms with Crippen molar-refractivity contribution < 1.29 is 42.1 Å². The van der Waals surface area contributed by atoms with Crippen molar-refractivity contribution in [3.8, 4) is 0 Å². The maximum atomic E-state index is 12.6. The molecule has 0 aromatic heterocycles. The number of rotatable bonds is 36. The highest BCUT2D eigenvalue weighted by molar-refractivity contribution is 7.45. The predicted octanol–water partition coefficient (Wildman–Crippen LogP) is 11.0. The summed E-state index contributed by atoms with van der Waals surface area (Å²) in [5.74, 6) is -0.954. The first kappa shape index (κ1) is 52.2. The van der Waals surface area contributed by atoms with Gasteiger partial charge in [0.2, 0.25) is 0 Å². The van der Waals surface area contributed by atoms with Gasteiger partial charge in [-0.05, 0) is 77.0 Å². The van der Waals surface area contributed by atoms with Crippen molar-refractivity contribution in [2.24, 2.45) is 0 Å². The lowest BCUT2D eigenvalue weighted by atomic mass is 10.1. The molecule has 314 valence electrons. The molecule has 1 unspecified atom stereocenters. The van der Waals surface area contributed by atoms with E-state index in [1.807, 2.05) is 33.3 Å². The molecule has 0 radical (unpaired) electrons. The summed E-state index contributed by atoms with van der Waals surface area (Å²) in [7, 11) is 1.10. The van der Waals surface area contributed by atoms with Crippen LogP contribution in [-0.2, 0) is 32.7 Å². The first-order chi connectivity index (χ1) is 26.5. The van der Waals surface area contributed by atoms with Gasteiger partial charge in [-0.1, -0.05) is 131 Å². The van der Waals surface area contributed by atoms with Crippen LogP contribution in [0.15, 0.2) is 85.1 Å². The minimum Gasteiger partial charge on any atom is -0.756 e. The van der Waals surface area contributed by atoms with E-state index >= 15 is 0 Å². The number of phosphoric ester groups is 1. The van der Waals surface area contributed by atoms with Crippen LogP contribution in [0.5, 0.6) is 0 Å². The van der Waals surface area contributed by atoms with Crippen LogP contribution in [0.3, 0.4) is 0 Å². The fourth-order valence-electron chi connectivity index (χ4n) is 4.91. The third-order valence-corrected chi connectivity index (χ3v) is 9.13. The monoisotopic (exact) mass is 790 g/mol. The van der Waals surface area contributed by atoms with Gasteiger partial charge in [-0.25, -0.2) is 0 Å². The fourth-order valence-corrected chi connectivity index (χ4v) is 5.64. The van der Waals surface area contributed by atoms with E-state index in [-0.39, 0.29) is 26.1 Å². The summed E-state index contributed by atoms with van der Waals surface area (Å²) in [6, 6.07) is 0. The molecule has 0 aromatic carbocycles. The average Bonchev–Trinajstić information content (AvgIpc) is 3.13. The van der Waals surface area contributed by atoms with E-state index in [1.165, 1.54) is 19.3 Å². The van der Waals surface area contributed by atoms with Gasteiger partial charge in [0.05, 0.1) is 27.7 Å². The van der Waals surface area contributed by atoms with Gasteiger partial charge in [-0.3, -0.25) is 14.2 Å². The first-order valence-electron chi connectivity index (χ1n) is 20.8. The van der Waals surface area contributed by atoms with Crippen LogP contribution < -0.4 is 4.89 Å². The maximum absolute atomic E-state index is 12.6. The maximum Gasteiger partial charge on any atom is 0.306 e. The van der Waals surface area contributed by atoms with Gasteiger partial charge in [0.25, 0.3) is 7.82 Å². The molecule has 0 aliphatic rings. The molecule has 0 saturated carbocycles. The van der Waals surface area contributed by atoms with E-state index in [1.54, 1.807) is 0 Å². The molecule has 0 saturated heterocycles. The highest BCUT2D eigenvalue weighted by Gasteiger charge is 2.21. The van der Waals surface area contributed by atoms with E-state index in [0.717, 1.165) is 77.0 Å². The van der Waals surface area contributed by atoms with Crippen LogP contribution in [0.25, 0.3) is 0 Å². The Morgan fingerprint density at radius 2 is 1.07 bits per heavy atom. The number of allylic oxidation sites excluding steroid dienone is 14. The van der Waals surface area contributed by atoms with E-state index < -0.39 is 32.5 Å². The Balaban J connectivity index is 4.56. The van der Waals surface area contributed by atoms with Crippen LogP contribution in [0.2, 0.25) is 0 Å². The van der Waals surface area contributed by atoms with Crippen LogP contribution in [0, 0.1) is 0 Å². The number of ether oxygens (including phenoxy) is 2. The molecule has 0 aliphatic carbocycles. The molecular formula is C45H76NO8P. The number of carbonyl (C=O) groups excluding carboxylic acids is 2. The summed E-state index contributed by atoms with van der Waals surface area (Å²) in [5.41, 5.74) is 0. The quantitative estimate of drug-likeness (QED) is 0.0203. The predicted molar refractivity (Wildman–Crippen MR) is 226 cm³/mol. The normalized spacial score (nSPS) is 14.5. The highest BCUT2D eigenvalue weighted by atomic mass is 31.2. The van der Waals surface area contributed by atoms with Crippen LogP contribution in [0.1, 0.15) is 136 Å². The Hall–Kier alpha value is -2.81. The van der Waals surface area contributed by atoms with Crippen LogP contribution in [-0.4, -0.2) is 70.0 Å². The third-order valence-electron chi connectivity index (χ3n) is 8.16. The van der Waals surface area contributed by atoms with Crippen molar-refractivity contribution >= 4 is 19.8 Å². The highest BCUT2D eigenvalue weighted by Crippen LogP contribution is 2.38. The number of hydrogen-bond donors (Lipinski definition) is 0. The lowest BCUT2D eigenvalue weighted by Crippen LogP contribution is -2.37. The van der Waals surface area contributed by atoms with Gasteiger partial charge in [0, 0.05) is 12.8 Å². The number of likely N-dealkylation sites (N-methyl/N-ethyl adjacent to an activating group) is 1. The zero-order valence-corrected chi connectivity index (χ0v) is 36.0. The standard InChI is InChI=1S/C45H76NO8P/c1-6-8-10-12-14-16-18-20-21-22-23-24-25-26-28-30-32-34-36-38-45(48)54-43(42-53-55(49,50)52-40-39-46(3,4)5)41-51-44(47)37-35-33-31-29-27-19-17-15-13-11-9-7-2/h8,10,14-17,20-21,23-24,26,28,32,34,43H,6-7,9,11-13,18-19,22,25,27,29-31,33,35-42H2,1-5H3/b10-8-,16-14-,17-15-,21-20-,24-23-,28-26-,34-32-/t43-/m1/s1. The second kappa shape index (κ2) is 36.8. The Morgan fingerprint density at radius 1 is 0.582 bits per heavy atom. The largest absolute Gasteiger partial charge is 0.756 e. The average molecular weight is 790 g/mol. The van der Waals surface area contributed by atoms with Gasteiger partial charge in [-0.15, -0.1) is 0 Å². The molecule has 10 heteroatoms. The van der Waals surface area contributed by atoms with E-state index in [2.05, 4.69) is 86.8 Å². The number of phosphoric acid groups is 1. The van der Waals surface area contributed by atoms with Gasteiger partial charge in [-0.2, -0.15) is 0 Å². The summed E-state index contributed by atoms with van der Waals surface area (Å²) in [6.07, 6.45) is 46.3. The fraction of sp³-hybridized carbons (Fsp3) is 0.644. The second-order valence-corrected chi connectivity index (χ2v) is 16.0. The minimum atomic E-state index is -4.65. The van der Waals surface area contributed by atoms with E-state index in [9.17, 15) is 19.0 Å². The third kappa shape index (κ3) is 40.7. The van der Waals surface area contributed by atoms with Crippen molar-refractivity contribution in [1.82, 2.24) is 0 Å². The molecule has 0 aromatic rings. The lowest BCUT2D eigenvalue weighted by Gasteiger charge is -2.28. The van der Waals surface area contributed by atoms with Crippen molar-refractivity contribution in [3.63, 3.8) is 0 Å². The summed E-state index contributed by atoms with van der Waals surface area (Å²) >= 11 is 0. The lowest BCUT2D eigenvalue weighted by molar-refractivity contribution is -0.870.